The number of aliphatic imine (C=N–C) groups is 1. The highest BCUT2D eigenvalue weighted by Crippen LogP contribution is 2.40. The van der Waals surface area contributed by atoms with Gasteiger partial charge in [0.25, 0.3) is 0 Å². The highest BCUT2D eigenvalue weighted by Gasteiger charge is 2.26. The second kappa shape index (κ2) is 7.19. The molecule has 2 aromatic rings. The monoisotopic (exact) mass is 362 g/mol. The lowest BCUT2D eigenvalue weighted by atomic mass is 9.94. The number of nitrogens with zero attached hydrogens (tertiary/aromatic N) is 2. The van der Waals surface area contributed by atoms with Crippen LogP contribution in [0.4, 0.5) is 0 Å². The van der Waals surface area contributed by atoms with E-state index in [-0.39, 0.29) is 0 Å². The van der Waals surface area contributed by atoms with E-state index in [1.165, 1.54) is 5.56 Å². The zero-order chi connectivity index (χ0) is 18.8. The third-order valence-corrected chi connectivity index (χ3v) is 4.94. The molecule has 5 nitrogen and oxygen atoms in total. The molecule has 0 radical (unpaired) electrons. The summed E-state index contributed by atoms with van der Waals surface area (Å²) in [4.78, 5) is 6.88. The average molecular weight is 362 g/mol. The Morgan fingerprint density at radius 1 is 1.00 bits per heavy atom. The maximum atomic E-state index is 5.65. The van der Waals surface area contributed by atoms with Crippen molar-refractivity contribution in [2.75, 3.05) is 27.9 Å². The molecule has 0 bridgehead atoms. The third-order valence-electron chi connectivity index (χ3n) is 4.94. The molecule has 2 heterocycles. The molecular formula is C22H22N2O3. The molecule has 0 fully saturated rings. The predicted octanol–water partition coefficient (Wildman–Crippen LogP) is 3.89. The molecule has 27 heavy (non-hydrogen) atoms. The highest BCUT2D eigenvalue weighted by molar-refractivity contribution is 6.13. The number of hydrogen-bond acceptors (Lipinski definition) is 5. The zero-order valence-corrected chi connectivity index (χ0v) is 15.7. The van der Waals surface area contributed by atoms with E-state index in [1.807, 2.05) is 42.7 Å². The zero-order valence-electron chi connectivity index (χ0n) is 15.7. The van der Waals surface area contributed by atoms with Crippen molar-refractivity contribution < 1.29 is 14.2 Å². The van der Waals surface area contributed by atoms with Gasteiger partial charge >= 0.3 is 0 Å². The molecule has 2 aliphatic heterocycles. The van der Waals surface area contributed by atoms with Crippen LogP contribution < -0.4 is 14.2 Å². The van der Waals surface area contributed by atoms with Crippen molar-refractivity contribution in [2.24, 2.45) is 4.99 Å². The van der Waals surface area contributed by atoms with Crippen LogP contribution in [0.15, 0.2) is 59.9 Å². The van der Waals surface area contributed by atoms with Crippen LogP contribution in [0, 0.1) is 0 Å². The van der Waals surface area contributed by atoms with Gasteiger partial charge in [-0.1, -0.05) is 12.1 Å². The molecular weight excluding hydrogens is 340 g/mol. The van der Waals surface area contributed by atoms with Crippen LogP contribution >= 0.6 is 0 Å². The summed E-state index contributed by atoms with van der Waals surface area (Å²) in [5.74, 6) is 2.38. The lowest BCUT2D eigenvalue weighted by Crippen LogP contribution is -2.25. The van der Waals surface area contributed by atoms with Gasteiger partial charge in [-0.2, -0.15) is 0 Å². The van der Waals surface area contributed by atoms with Gasteiger partial charge in [0.05, 0.1) is 32.7 Å². The van der Waals surface area contributed by atoms with Crippen molar-refractivity contribution >= 4 is 11.4 Å². The summed E-state index contributed by atoms with van der Waals surface area (Å²) in [5, 5.41) is 0. The van der Waals surface area contributed by atoms with Gasteiger partial charge in [-0.05, 0) is 36.8 Å². The standard InChI is InChI=1S/C22H22N2O3/c1-25-16-6-4-5-15(13-16)19-14-20-17-7-8-21(26-2)22(27-3)18(17)9-11-24(20)12-10-23-19/h4-8,10,12-14H,9,11H2,1-3H3. The van der Waals surface area contributed by atoms with Crippen LogP contribution in [0.25, 0.3) is 5.70 Å². The molecule has 0 amide bonds. The van der Waals surface area contributed by atoms with E-state index in [2.05, 4.69) is 22.0 Å². The molecule has 0 N–H and O–H groups in total. The maximum Gasteiger partial charge on any atom is 0.164 e. The van der Waals surface area contributed by atoms with E-state index in [1.54, 1.807) is 21.3 Å². The SMILES string of the molecule is COc1cccc(C2=NC=CN3CCc4c(ccc(OC)c4OC)C3=C2)c1. The molecule has 138 valence electrons. The summed E-state index contributed by atoms with van der Waals surface area (Å²) in [5.41, 5.74) is 5.32. The van der Waals surface area contributed by atoms with Crippen molar-refractivity contribution in [1.29, 1.82) is 0 Å². The van der Waals surface area contributed by atoms with Crippen molar-refractivity contribution in [3.05, 3.63) is 71.6 Å². The van der Waals surface area contributed by atoms with E-state index >= 15 is 0 Å². The first-order valence-corrected chi connectivity index (χ1v) is 8.86. The molecule has 4 rings (SSSR count). The molecule has 0 saturated carbocycles. The molecule has 2 aliphatic rings. The van der Waals surface area contributed by atoms with Crippen molar-refractivity contribution in [3.63, 3.8) is 0 Å². The lowest BCUT2D eigenvalue weighted by molar-refractivity contribution is 0.349. The summed E-state index contributed by atoms with van der Waals surface area (Å²) < 4.78 is 16.5. The molecule has 0 unspecified atom stereocenters. The van der Waals surface area contributed by atoms with Crippen molar-refractivity contribution in [3.8, 4) is 17.2 Å². The number of allylic oxidation sites excluding steroid dienone is 1. The molecule has 0 aliphatic carbocycles. The van der Waals surface area contributed by atoms with Gasteiger partial charge in [0.15, 0.2) is 11.5 Å². The summed E-state index contributed by atoms with van der Waals surface area (Å²) in [6.45, 7) is 0.861. The molecule has 5 heteroatoms. The van der Waals surface area contributed by atoms with Crippen LogP contribution in [-0.2, 0) is 6.42 Å². The number of rotatable bonds is 4. The van der Waals surface area contributed by atoms with Crippen LogP contribution in [0.3, 0.4) is 0 Å². The fourth-order valence-electron chi connectivity index (χ4n) is 3.60. The Morgan fingerprint density at radius 3 is 2.67 bits per heavy atom. The number of fused-ring (bicyclic) bond motifs is 3. The van der Waals surface area contributed by atoms with Gasteiger partial charge in [-0.25, -0.2) is 0 Å². The van der Waals surface area contributed by atoms with E-state index in [4.69, 9.17) is 14.2 Å². The second-order valence-corrected chi connectivity index (χ2v) is 6.34. The quantitative estimate of drug-likeness (QED) is 0.828. The van der Waals surface area contributed by atoms with Crippen LogP contribution in [0.5, 0.6) is 17.2 Å². The minimum absolute atomic E-state index is 0.760. The van der Waals surface area contributed by atoms with Crippen LogP contribution in [0.2, 0.25) is 0 Å². The summed E-state index contributed by atoms with van der Waals surface area (Å²) in [7, 11) is 5.03. The first-order chi connectivity index (χ1) is 13.2. The molecule has 0 spiro atoms. The Balaban J connectivity index is 1.83. The Bertz CT molecular complexity index is 960. The Kier molecular flexibility index (Phi) is 4.59. The first-order valence-electron chi connectivity index (χ1n) is 8.86. The normalized spacial score (nSPS) is 15.1. The van der Waals surface area contributed by atoms with Crippen LogP contribution in [-0.4, -0.2) is 38.5 Å². The molecule has 2 aromatic carbocycles. The van der Waals surface area contributed by atoms with Crippen molar-refractivity contribution in [2.45, 2.75) is 6.42 Å². The number of methoxy groups -OCH3 is 3. The Hall–Kier alpha value is -3.21. The minimum Gasteiger partial charge on any atom is -0.497 e. The summed E-state index contributed by atoms with van der Waals surface area (Å²) in [6.07, 6.45) is 6.88. The smallest absolute Gasteiger partial charge is 0.164 e. The minimum atomic E-state index is 0.760. The largest absolute Gasteiger partial charge is 0.497 e. The maximum absolute atomic E-state index is 5.65. The van der Waals surface area contributed by atoms with Gasteiger partial charge < -0.3 is 19.1 Å². The van der Waals surface area contributed by atoms with Gasteiger partial charge in [0.2, 0.25) is 0 Å². The number of benzene rings is 2. The van der Waals surface area contributed by atoms with E-state index in [9.17, 15) is 0 Å². The number of hydrogen-bond donors (Lipinski definition) is 0. The van der Waals surface area contributed by atoms with E-state index in [0.29, 0.717) is 0 Å². The Labute approximate surface area is 159 Å². The van der Waals surface area contributed by atoms with Crippen molar-refractivity contribution in [1.82, 2.24) is 4.90 Å². The van der Waals surface area contributed by atoms with Crippen LogP contribution in [0.1, 0.15) is 16.7 Å². The van der Waals surface area contributed by atoms with Gasteiger partial charge in [-0.3, -0.25) is 4.99 Å². The van der Waals surface area contributed by atoms with Gasteiger partial charge in [0.1, 0.15) is 5.75 Å². The third kappa shape index (κ3) is 3.05. The summed E-state index contributed by atoms with van der Waals surface area (Å²) >= 11 is 0. The fourth-order valence-corrected chi connectivity index (χ4v) is 3.60. The summed E-state index contributed by atoms with van der Waals surface area (Å²) in [6, 6.07) is 12.0. The highest BCUT2D eigenvalue weighted by atomic mass is 16.5. The number of ether oxygens (including phenoxy) is 3. The van der Waals surface area contributed by atoms with Gasteiger partial charge in [0, 0.05) is 35.6 Å². The lowest BCUT2D eigenvalue weighted by Gasteiger charge is -2.31. The fraction of sp³-hybridized carbons (Fsp3) is 0.227. The molecule has 0 aromatic heterocycles. The predicted molar refractivity (Wildman–Crippen MR) is 107 cm³/mol. The topological polar surface area (TPSA) is 43.3 Å². The molecule has 0 atom stereocenters. The van der Waals surface area contributed by atoms with E-state index < -0.39 is 0 Å². The average Bonchev–Trinajstić information content (AvgIpc) is 2.95. The second-order valence-electron chi connectivity index (χ2n) is 6.34. The first kappa shape index (κ1) is 17.2. The Morgan fingerprint density at radius 2 is 1.89 bits per heavy atom. The van der Waals surface area contributed by atoms with Gasteiger partial charge in [-0.15, -0.1) is 0 Å². The molecule has 0 saturated heterocycles. The van der Waals surface area contributed by atoms with E-state index in [0.717, 1.165) is 52.7 Å².